The number of imide groups is 1. The molecule has 3 N–H and O–H groups in total. The lowest BCUT2D eigenvalue weighted by Gasteiger charge is -2.16. The molecule has 0 aliphatic heterocycles. The fraction of sp³-hybridized carbons (Fsp3) is 0.385. The van der Waals surface area contributed by atoms with Gasteiger partial charge in [-0.15, -0.1) is 0 Å². The minimum Gasteiger partial charge on any atom is -0.453 e. The van der Waals surface area contributed by atoms with Gasteiger partial charge >= 0.3 is 6.09 Å². The van der Waals surface area contributed by atoms with Crippen LogP contribution in [0.15, 0.2) is 24.3 Å². The molecular weight excluding hydrogens is 268 g/mol. The molecule has 1 aromatic rings. The van der Waals surface area contributed by atoms with Crippen molar-refractivity contribution in [3.8, 4) is 0 Å². The second kappa shape index (κ2) is 7.11. The molecule has 1 aromatic carbocycles. The van der Waals surface area contributed by atoms with E-state index < -0.39 is 12.1 Å². The topological polar surface area (TPSA) is 72.0 Å². The maximum atomic E-state index is 11.7. The third kappa shape index (κ3) is 4.89. The predicted molar refractivity (Wildman–Crippen MR) is 71.8 cm³/mol. The largest absolute Gasteiger partial charge is 0.453 e. The van der Waals surface area contributed by atoms with E-state index in [-0.39, 0.29) is 11.9 Å². The molecule has 0 heterocycles. The number of nitrogens with one attached hydrogen (secondary N) is 1. The summed E-state index contributed by atoms with van der Waals surface area (Å²) in [7, 11) is 1.21. The van der Waals surface area contributed by atoms with Gasteiger partial charge in [-0.1, -0.05) is 23.7 Å². The van der Waals surface area contributed by atoms with E-state index in [2.05, 4.69) is 10.1 Å². The Labute approximate surface area is 117 Å². The van der Waals surface area contributed by atoms with Gasteiger partial charge in [0.05, 0.1) is 7.11 Å². The summed E-state index contributed by atoms with van der Waals surface area (Å²) in [5, 5.41) is 4.65. The van der Waals surface area contributed by atoms with Gasteiger partial charge in [-0.2, -0.15) is 0 Å². The van der Waals surface area contributed by atoms with Gasteiger partial charge in [0.1, 0.15) is 6.04 Å². The number of hydrogen-bond donors (Lipinski definition) is 2. The van der Waals surface area contributed by atoms with Crippen molar-refractivity contribution < 1.29 is 19.6 Å². The Balaban J connectivity index is 2.58. The molecule has 0 bridgehead atoms. The van der Waals surface area contributed by atoms with Gasteiger partial charge in [0.15, 0.2) is 6.04 Å². The van der Waals surface area contributed by atoms with Crippen molar-refractivity contribution in [3.63, 3.8) is 0 Å². The fourth-order valence-electron chi connectivity index (χ4n) is 1.69. The van der Waals surface area contributed by atoms with Crippen molar-refractivity contribution in [1.82, 2.24) is 5.32 Å². The normalized spacial score (nSPS) is 13.5. The molecule has 1 rings (SSSR count). The Kier molecular flexibility index (Phi) is 5.79. The predicted octanol–water partition coefficient (Wildman–Crippen LogP) is 1.24. The Morgan fingerprint density at radius 1 is 1.37 bits per heavy atom. The van der Waals surface area contributed by atoms with Crippen LogP contribution >= 0.6 is 11.6 Å². The molecule has 0 aliphatic rings. The van der Waals surface area contributed by atoms with Crippen molar-refractivity contribution in [2.45, 2.75) is 25.9 Å². The number of hydrogen-bond acceptors (Lipinski definition) is 3. The minimum absolute atomic E-state index is 0.0529. The van der Waals surface area contributed by atoms with E-state index in [0.29, 0.717) is 5.02 Å². The molecule has 0 saturated heterocycles. The number of methoxy groups -OCH3 is 1. The van der Waals surface area contributed by atoms with E-state index in [1.165, 1.54) is 7.11 Å². The third-order valence-electron chi connectivity index (χ3n) is 2.78. The number of alkyl carbamates (subject to hydrolysis) is 1. The first kappa shape index (κ1) is 15.5. The molecule has 2 amide bonds. The highest BCUT2D eigenvalue weighted by atomic mass is 35.5. The summed E-state index contributed by atoms with van der Waals surface area (Å²) in [4.78, 5) is 22.6. The smallest absolute Gasteiger partial charge is 0.413 e. The van der Waals surface area contributed by atoms with E-state index in [1.807, 2.05) is 30.4 Å². The number of nitrogens with two attached hydrogens (primary N) is 1. The summed E-state index contributed by atoms with van der Waals surface area (Å²) in [6.45, 7) is 3.69. The van der Waals surface area contributed by atoms with Crippen molar-refractivity contribution >= 4 is 23.6 Å². The first-order valence-electron chi connectivity index (χ1n) is 5.93. The van der Waals surface area contributed by atoms with E-state index >= 15 is 0 Å². The second-order valence-electron chi connectivity index (χ2n) is 4.31. The van der Waals surface area contributed by atoms with Gasteiger partial charge in [-0.25, -0.2) is 4.79 Å². The number of amides is 2. The van der Waals surface area contributed by atoms with Gasteiger partial charge in [0.25, 0.3) is 5.91 Å². The van der Waals surface area contributed by atoms with Gasteiger partial charge in [-0.3, -0.25) is 10.1 Å². The standard InChI is InChI=1S/C13H17ClN2O3/c1-8(10-5-4-6-11(14)7-10)15-9(2)12(17)16-13(18)19-3/h4-9,15H,1-3H3,(H,16,17,18)/p+1/t8-,9-/m1/s1. The summed E-state index contributed by atoms with van der Waals surface area (Å²) >= 11 is 5.92. The summed E-state index contributed by atoms with van der Waals surface area (Å²) in [5.74, 6) is -0.388. The average molecular weight is 286 g/mol. The molecule has 0 spiro atoms. The van der Waals surface area contributed by atoms with E-state index in [1.54, 1.807) is 13.0 Å². The molecule has 0 radical (unpaired) electrons. The van der Waals surface area contributed by atoms with Crippen LogP contribution in [0.4, 0.5) is 4.79 Å². The number of carbonyl (C=O) groups excluding carboxylic acids is 2. The van der Waals surface area contributed by atoms with Crippen LogP contribution in [0.25, 0.3) is 0 Å². The van der Waals surface area contributed by atoms with Gasteiger partial charge < -0.3 is 10.1 Å². The number of rotatable bonds is 4. The summed E-state index contributed by atoms with van der Waals surface area (Å²) in [6, 6.07) is 7.10. The third-order valence-corrected chi connectivity index (χ3v) is 3.01. The first-order chi connectivity index (χ1) is 8.93. The van der Waals surface area contributed by atoms with Gasteiger partial charge in [-0.05, 0) is 26.0 Å². The molecule has 2 atom stereocenters. The molecule has 19 heavy (non-hydrogen) atoms. The molecule has 0 fully saturated rings. The van der Waals surface area contributed by atoms with E-state index in [0.717, 1.165) is 5.56 Å². The summed E-state index contributed by atoms with van der Waals surface area (Å²) < 4.78 is 4.37. The highest BCUT2D eigenvalue weighted by Crippen LogP contribution is 2.14. The van der Waals surface area contributed by atoms with Crippen molar-refractivity contribution in [2.75, 3.05) is 7.11 Å². The number of carbonyl (C=O) groups is 2. The van der Waals surface area contributed by atoms with E-state index in [9.17, 15) is 9.59 Å². The van der Waals surface area contributed by atoms with Crippen molar-refractivity contribution in [1.29, 1.82) is 0 Å². The zero-order valence-corrected chi connectivity index (χ0v) is 11.9. The fourth-order valence-corrected chi connectivity index (χ4v) is 1.89. The highest BCUT2D eigenvalue weighted by molar-refractivity contribution is 6.30. The Hall–Kier alpha value is -1.59. The zero-order chi connectivity index (χ0) is 14.4. The quantitative estimate of drug-likeness (QED) is 0.874. The van der Waals surface area contributed by atoms with Gasteiger partial charge in [0.2, 0.25) is 0 Å². The molecular formula is C13H18ClN2O3+. The lowest BCUT2D eigenvalue weighted by atomic mass is 10.1. The molecule has 0 unspecified atom stereocenters. The van der Waals surface area contributed by atoms with E-state index in [4.69, 9.17) is 11.6 Å². The number of ether oxygens (including phenoxy) is 1. The molecule has 0 aromatic heterocycles. The Bertz CT molecular complexity index is 465. The number of quaternary nitrogens is 1. The molecule has 6 heteroatoms. The average Bonchev–Trinajstić information content (AvgIpc) is 2.38. The van der Waals surface area contributed by atoms with Crippen LogP contribution in [0.5, 0.6) is 0 Å². The van der Waals surface area contributed by atoms with Crippen LogP contribution in [0.3, 0.4) is 0 Å². The van der Waals surface area contributed by atoms with Crippen molar-refractivity contribution in [3.05, 3.63) is 34.9 Å². The van der Waals surface area contributed by atoms with Crippen LogP contribution in [0.1, 0.15) is 25.5 Å². The van der Waals surface area contributed by atoms with Crippen LogP contribution in [-0.2, 0) is 9.53 Å². The summed E-state index contributed by atoms with van der Waals surface area (Å²) in [5.41, 5.74) is 1.02. The van der Waals surface area contributed by atoms with Crippen LogP contribution in [0, 0.1) is 0 Å². The monoisotopic (exact) mass is 285 g/mol. The minimum atomic E-state index is -0.749. The summed E-state index contributed by atoms with van der Waals surface area (Å²) in [6.07, 6.45) is -0.749. The molecule has 104 valence electrons. The number of halogens is 1. The maximum absolute atomic E-state index is 11.7. The second-order valence-corrected chi connectivity index (χ2v) is 4.74. The molecule has 0 saturated carbocycles. The van der Waals surface area contributed by atoms with Gasteiger partial charge in [0, 0.05) is 10.6 Å². The highest BCUT2D eigenvalue weighted by Gasteiger charge is 2.22. The number of benzene rings is 1. The zero-order valence-electron chi connectivity index (χ0n) is 11.1. The lowest BCUT2D eigenvalue weighted by Crippen LogP contribution is -2.92. The Morgan fingerprint density at radius 2 is 2.05 bits per heavy atom. The molecule has 5 nitrogen and oxygen atoms in total. The SMILES string of the molecule is COC(=O)NC(=O)[C@@H](C)[NH2+][C@H](C)c1cccc(Cl)c1. The van der Waals surface area contributed by atoms with Crippen LogP contribution in [-0.4, -0.2) is 25.2 Å². The van der Waals surface area contributed by atoms with Crippen LogP contribution < -0.4 is 10.6 Å². The first-order valence-corrected chi connectivity index (χ1v) is 6.31. The van der Waals surface area contributed by atoms with Crippen LogP contribution in [0.2, 0.25) is 5.02 Å². The maximum Gasteiger partial charge on any atom is 0.413 e. The Morgan fingerprint density at radius 3 is 2.63 bits per heavy atom. The lowest BCUT2D eigenvalue weighted by molar-refractivity contribution is -0.710. The molecule has 0 aliphatic carbocycles. The van der Waals surface area contributed by atoms with Crippen molar-refractivity contribution in [2.24, 2.45) is 0 Å².